The van der Waals surface area contributed by atoms with Gasteiger partial charge in [-0.2, -0.15) is 0 Å². The van der Waals surface area contributed by atoms with E-state index in [1.165, 1.54) is 0 Å². The zero-order valence-corrected chi connectivity index (χ0v) is 9.77. The predicted octanol–water partition coefficient (Wildman–Crippen LogP) is 3.52. The van der Waals surface area contributed by atoms with Crippen LogP contribution >= 0.6 is 0 Å². The topological polar surface area (TPSA) is 52.0 Å². The summed E-state index contributed by atoms with van der Waals surface area (Å²) < 4.78 is 19.5. The van der Waals surface area contributed by atoms with Gasteiger partial charge < -0.3 is 10.2 Å². The molecule has 18 heavy (non-hydrogen) atoms. The number of halogens is 1. The maximum Gasteiger partial charge on any atom is 0.230 e. The molecule has 0 unspecified atom stereocenters. The number of oxazole rings is 1. The van der Waals surface area contributed by atoms with Crippen LogP contribution in [-0.4, -0.2) is 4.98 Å². The SMILES string of the molecule is Cc1cccc(-c2nc3cc(N)ccc3o2)c1F. The highest BCUT2D eigenvalue weighted by Gasteiger charge is 2.13. The zero-order chi connectivity index (χ0) is 12.7. The molecule has 0 aliphatic rings. The van der Waals surface area contributed by atoms with E-state index in [1.807, 2.05) is 0 Å². The minimum Gasteiger partial charge on any atom is -0.436 e. The Labute approximate surface area is 103 Å². The van der Waals surface area contributed by atoms with E-state index in [0.29, 0.717) is 27.9 Å². The van der Waals surface area contributed by atoms with Crippen LogP contribution in [0.4, 0.5) is 10.1 Å². The fraction of sp³-hybridized carbons (Fsp3) is 0.0714. The largest absolute Gasteiger partial charge is 0.436 e. The molecule has 4 heteroatoms. The maximum absolute atomic E-state index is 14.0. The van der Waals surface area contributed by atoms with Crippen molar-refractivity contribution in [2.45, 2.75) is 6.92 Å². The van der Waals surface area contributed by atoms with Crippen molar-refractivity contribution in [1.82, 2.24) is 4.98 Å². The van der Waals surface area contributed by atoms with Crippen molar-refractivity contribution in [2.75, 3.05) is 5.73 Å². The van der Waals surface area contributed by atoms with Crippen LogP contribution in [-0.2, 0) is 0 Å². The molecule has 3 rings (SSSR count). The summed E-state index contributed by atoms with van der Waals surface area (Å²) in [5.74, 6) is -0.0335. The number of anilines is 1. The summed E-state index contributed by atoms with van der Waals surface area (Å²) in [4.78, 5) is 4.26. The molecule has 0 saturated carbocycles. The first kappa shape index (κ1) is 10.8. The van der Waals surface area contributed by atoms with Crippen LogP contribution in [0, 0.1) is 12.7 Å². The number of rotatable bonds is 1. The lowest BCUT2D eigenvalue weighted by Gasteiger charge is -2.00. The normalized spacial score (nSPS) is 11.0. The molecule has 90 valence electrons. The van der Waals surface area contributed by atoms with Crippen LogP contribution < -0.4 is 5.73 Å². The summed E-state index contributed by atoms with van der Waals surface area (Å²) in [6, 6.07) is 10.3. The Kier molecular flexibility index (Phi) is 2.30. The van der Waals surface area contributed by atoms with Crippen molar-refractivity contribution >= 4 is 16.8 Å². The summed E-state index contributed by atoms with van der Waals surface area (Å²) in [5.41, 5.74) is 8.43. The van der Waals surface area contributed by atoms with E-state index in [2.05, 4.69) is 4.98 Å². The van der Waals surface area contributed by atoms with Crippen LogP contribution in [0.2, 0.25) is 0 Å². The zero-order valence-electron chi connectivity index (χ0n) is 9.77. The minimum atomic E-state index is -0.308. The second-order valence-corrected chi connectivity index (χ2v) is 4.18. The van der Waals surface area contributed by atoms with Crippen molar-refractivity contribution in [3.05, 3.63) is 47.8 Å². The van der Waals surface area contributed by atoms with E-state index < -0.39 is 0 Å². The molecule has 0 saturated heterocycles. The first-order valence-electron chi connectivity index (χ1n) is 5.57. The monoisotopic (exact) mass is 242 g/mol. The summed E-state index contributed by atoms with van der Waals surface area (Å²) in [6.07, 6.45) is 0. The fourth-order valence-corrected chi connectivity index (χ4v) is 1.87. The van der Waals surface area contributed by atoms with Gasteiger partial charge in [0.15, 0.2) is 5.58 Å². The number of nitrogen functional groups attached to an aromatic ring is 1. The van der Waals surface area contributed by atoms with Gasteiger partial charge in [0.1, 0.15) is 11.3 Å². The van der Waals surface area contributed by atoms with Gasteiger partial charge in [0.25, 0.3) is 0 Å². The molecule has 0 aliphatic carbocycles. The summed E-state index contributed by atoms with van der Waals surface area (Å²) in [6.45, 7) is 1.71. The number of fused-ring (bicyclic) bond motifs is 1. The number of aromatic nitrogens is 1. The Morgan fingerprint density at radius 3 is 2.89 bits per heavy atom. The summed E-state index contributed by atoms with van der Waals surface area (Å²) in [5, 5.41) is 0. The van der Waals surface area contributed by atoms with E-state index in [1.54, 1.807) is 43.3 Å². The maximum atomic E-state index is 14.0. The highest BCUT2D eigenvalue weighted by molar-refractivity contribution is 5.79. The fourth-order valence-electron chi connectivity index (χ4n) is 1.87. The van der Waals surface area contributed by atoms with E-state index in [-0.39, 0.29) is 11.7 Å². The highest BCUT2D eigenvalue weighted by atomic mass is 19.1. The third kappa shape index (κ3) is 1.62. The molecule has 0 fully saturated rings. The summed E-state index contributed by atoms with van der Waals surface area (Å²) >= 11 is 0. The first-order valence-corrected chi connectivity index (χ1v) is 5.57. The molecule has 1 aromatic heterocycles. The van der Waals surface area contributed by atoms with Crippen LogP contribution in [0.15, 0.2) is 40.8 Å². The van der Waals surface area contributed by atoms with Gasteiger partial charge in [0.2, 0.25) is 5.89 Å². The van der Waals surface area contributed by atoms with Crippen LogP contribution in [0.3, 0.4) is 0 Å². The van der Waals surface area contributed by atoms with Crippen molar-refractivity contribution in [3.8, 4) is 11.5 Å². The Bertz CT molecular complexity index is 734. The molecule has 0 spiro atoms. The van der Waals surface area contributed by atoms with Gasteiger partial charge in [0.05, 0.1) is 5.56 Å². The number of hydrogen-bond acceptors (Lipinski definition) is 3. The first-order chi connectivity index (χ1) is 8.65. The number of nitrogens with two attached hydrogens (primary N) is 1. The van der Waals surface area contributed by atoms with E-state index in [0.717, 1.165) is 0 Å². The number of aryl methyl sites for hydroxylation is 1. The molecule has 1 heterocycles. The molecule has 3 nitrogen and oxygen atoms in total. The van der Waals surface area contributed by atoms with Gasteiger partial charge in [-0.05, 0) is 36.8 Å². The lowest BCUT2D eigenvalue weighted by Crippen LogP contribution is -1.87. The molecule has 0 aliphatic heterocycles. The van der Waals surface area contributed by atoms with Gasteiger partial charge in [-0.3, -0.25) is 0 Å². The summed E-state index contributed by atoms with van der Waals surface area (Å²) in [7, 11) is 0. The molecule has 0 radical (unpaired) electrons. The average Bonchev–Trinajstić information content (AvgIpc) is 2.75. The van der Waals surface area contributed by atoms with Crippen molar-refractivity contribution in [1.29, 1.82) is 0 Å². The van der Waals surface area contributed by atoms with Crippen molar-refractivity contribution in [3.63, 3.8) is 0 Å². The molecular weight excluding hydrogens is 231 g/mol. The van der Waals surface area contributed by atoms with E-state index in [9.17, 15) is 4.39 Å². The number of hydrogen-bond donors (Lipinski definition) is 1. The van der Waals surface area contributed by atoms with Crippen LogP contribution in [0.25, 0.3) is 22.6 Å². The standard InChI is InChI=1S/C14H11FN2O/c1-8-3-2-4-10(13(8)15)14-17-11-7-9(16)5-6-12(11)18-14/h2-7H,16H2,1H3. The van der Waals surface area contributed by atoms with Crippen molar-refractivity contribution < 1.29 is 8.81 Å². The number of benzene rings is 2. The van der Waals surface area contributed by atoms with E-state index in [4.69, 9.17) is 10.2 Å². The highest BCUT2D eigenvalue weighted by Crippen LogP contribution is 2.28. The minimum absolute atomic E-state index is 0.275. The number of nitrogens with zero attached hydrogens (tertiary/aromatic N) is 1. The Morgan fingerprint density at radius 2 is 2.06 bits per heavy atom. The van der Waals surface area contributed by atoms with Gasteiger partial charge in [-0.25, -0.2) is 9.37 Å². The lowest BCUT2D eigenvalue weighted by molar-refractivity contribution is 0.589. The quantitative estimate of drug-likeness (QED) is 0.664. The molecule has 2 aromatic carbocycles. The second kappa shape index (κ2) is 3.84. The molecule has 2 N–H and O–H groups in total. The van der Waals surface area contributed by atoms with E-state index >= 15 is 0 Å². The van der Waals surface area contributed by atoms with Crippen LogP contribution in [0.1, 0.15) is 5.56 Å². The molecule has 0 bridgehead atoms. The third-order valence-corrected chi connectivity index (χ3v) is 2.83. The predicted molar refractivity (Wildman–Crippen MR) is 68.6 cm³/mol. The Hall–Kier alpha value is -2.36. The Balaban J connectivity index is 2.22. The molecule has 0 atom stereocenters. The van der Waals surface area contributed by atoms with Gasteiger partial charge >= 0.3 is 0 Å². The van der Waals surface area contributed by atoms with Gasteiger partial charge in [-0.15, -0.1) is 0 Å². The second-order valence-electron chi connectivity index (χ2n) is 4.18. The Morgan fingerprint density at radius 1 is 1.22 bits per heavy atom. The average molecular weight is 242 g/mol. The molecule has 3 aromatic rings. The van der Waals surface area contributed by atoms with Gasteiger partial charge in [-0.1, -0.05) is 12.1 Å². The van der Waals surface area contributed by atoms with Crippen LogP contribution in [0.5, 0.6) is 0 Å². The third-order valence-electron chi connectivity index (χ3n) is 2.83. The van der Waals surface area contributed by atoms with Crippen molar-refractivity contribution in [2.24, 2.45) is 0 Å². The molecule has 0 amide bonds. The smallest absolute Gasteiger partial charge is 0.230 e. The molecular formula is C14H11FN2O. The lowest BCUT2D eigenvalue weighted by atomic mass is 10.1. The van der Waals surface area contributed by atoms with Gasteiger partial charge in [0, 0.05) is 5.69 Å².